The van der Waals surface area contributed by atoms with Crippen molar-refractivity contribution in [2.24, 2.45) is 10.4 Å². The Bertz CT molecular complexity index is 407. The summed E-state index contributed by atoms with van der Waals surface area (Å²) in [6, 6.07) is 0.00195. The van der Waals surface area contributed by atoms with Crippen molar-refractivity contribution in [1.82, 2.24) is 20.4 Å². The molecule has 1 heterocycles. The number of aliphatic imine (C=N–C) groups is 1. The maximum absolute atomic E-state index is 12.5. The molecule has 1 rings (SSSR count). The quantitative estimate of drug-likeness (QED) is 0.542. The molecule has 1 fully saturated rings. The molecule has 0 radical (unpaired) electrons. The van der Waals surface area contributed by atoms with Gasteiger partial charge in [-0.2, -0.15) is 13.2 Å². The van der Waals surface area contributed by atoms with Crippen LogP contribution in [0.5, 0.6) is 0 Å². The van der Waals surface area contributed by atoms with Gasteiger partial charge in [-0.15, -0.1) is 0 Å². The minimum Gasteiger partial charge on any atom is -0.357 e. The Morgan fingerprint density at radius 2 is 1.96 bits per heavy atom. The van der Waals surface area contributed by atoms with E-state index in [9.17, 15) is 13.2 Å². The zero-order valence-corrected chi connectivity index (χ0v) is 15.5. The normalized spacial score (nSPS) is 20.7. The molecular weight excluding hydrogens is 319 g/mol. The van der Waals surface area contributed by atoms with Crippen molar-refractivity contribution in [2.45, 2.75) is 39.4 Å². The number of nitrogens with one attached hydrogen (secondary N) is 2. The Balaban J connectivity index is 2.56. The molecule has 1 aliphatic heterocycles. The molecule has 0 aromatic heterocycles. The van der Waals surface area contributed by atoms with Crippen molar-refractivity contribution in [1.29, 1.82) is 0 Å². The molecule has 1 unspecified atom stereocenters. The number of guanidine groups is 1. The summed E-state index contributed by atoms with van der Waals surface area (Å²) in [4.78, 5) is 8.20. The first-order valence-corrected chi connectivity index (χ1v) is 8.49. The fourth-order valence-corrected chi connectivity index (χ4v) is 3.06. The molecular formula is C16H32F3N5. The van der Waals surface area contributed by atoms with Crippen LogP contribution >= 0.6 is 0 Å². The van der Waals surface area contributed by atoms with Gasteiger partial charge in [-0.05, 0) is 32.9 Å². The van der Waals surface area contributed by atoms with Crippen molar-refractivity contribution < 1.29 is 13.2 Å². The fraction of sp³-hybridized carbons (Fsp3) is 0.938. The second-order valence-electron chi connectivity index (χ2n) is 7.58. The maximum atomic E-state index is 12.5. The minimum absolute atomic E-state index is 0.00195. The number of nitrogens with zero attached hydrogens (tertiary/aromatic N) is 3. The summed E-state index contributed by atoms with van der Waals surface area (Å²) >= 11 is 0. The number of rotatable bonds is 7. The van der Waals surface area contributed by atoms with Crippen LogP contribution in [0.1, 0.15) is 27.2 Å². The van der Waals surface area contributed by atoms with E-state index >= 15 is 0 Å². The van der Waals surface area contributed by atoms with E-state index in [1.54, 1.807) is 0 Å². The molecule has 5 nitrogen and oxygen atoms in total. The molecule has 0 spiro atoms. The average Bonchev–Trinajstić information content (AvgIpc) is 2.80. The smallest absolute Gasteiger partial charge is 0.357 e. The van der Waals surface area contributed by atoms with Crippen LogP contribution in [0.3, 0.4) is 0 Å². The summed E-state index contributed by atoms with van der Waals surface area (Å²) < 4.78 is 37.4. The van der Waals surface area contributed by atoms with Gasteiger partial charge in [-0.25, -0.2) is 0 Å². The van der Waals surface area contributed by atoms with E-state index in [1.807, 2.05) is 21.0 Å². The van der Waals surface area contributed by atoms with Crippen molar-refractivity contribution in [2.75, 3.05) is 53.4 Å². The lowest BCUT2D eigenvalue weighted by Crippen LogP contribution is -2.45. The second-order valence-corrected chi connectivity index (χ2v) is 7.58. The highest BCUT2D eigenvalue weighted by Gasteiger charge is 2.34. The van der Waals surface area contributed by atoms with Gasteiger partial charge in [0.2, 0.25) is 0 Å². The van der Waals surface area contributed by atoms with Crippen molar-refractivity contribution in [3.8, 4) is 0 Å². The van der Waals surface area contributed by atoms with E-state index in [0.29, 0.717) is 32.0 Å². The molecule has 0 aromatic rings. The zero-order valence-electron chi connectivity index (χ0n) is 15.5. The second kappa shape index (κ2) is 8.89. The van der Waals surface area contributed by atoms with E-state index in [2.05, 4.69) is 34.4 Å². The predicted molar refractivity (Wildman–Crippen MR) is 92.3 cm³/mol. The monoisotopic (exact) mass is 351 g/mol. The van der Waals surface area contributed by atoms with Crippen molar-refractivity contribution in [3.63, 3.8) is 0 Å². The molecule has 2 N–H and O–H groups in total. The van der Waals surface area contributed by atoms with Gasteiger partial charge in [0.25, 0.3) is 0 Å². The summed E-state index contributed by atoms with van der Waals surface area (Å²) in [5.74, 6) is 0.684. The van der Waals surface area contributed by atoms with Gasteiger partial charge >= 0.3 is 6.18 Å². The van der Waals surface area contributed by atoms with Gasteiger partial charge in [0.05, 0.1) is 6.54 Å². The van der Waals surface area contributed by atoms with Crippen LogP contribution in [0, 0.1) is 5.41 Å². The number of hydrogen-bond donors (Lipinski definition) is 2. The predicted octanol–water partition coefficient (Wildman–Crippen LogP) is 1.77. The van der Waals surface area contributed by atoms with Gasteiger partial charge < -0.3 is 15.5 Å². The molecule has 1 saturated heterocycles. The van der Waals surface area contributed by atoms with E-state index in [-0.39, 0.29) is 11.5 Å². The van der Waals surface area contributed by atoms with Crippen molar-refractivity contribution in [3.05, 3.63) is 0 Å². The van der Waals surface area contributed by atoms with Crippen LogP contribution in [0.4, 0.5) is 13.2 Å². The largest absolute Gasteiger partial charge is 0.401 e. The van der Waals surface area contributed by atoms with Gasteiger partial charge in [0.15, 0.2) is 5.96 Å². The fourth-order valence-electron chi connectivity index (χ4n) is 3.06. The SMILES string of the molecule is CCNC(=NCC(C)(C)CN(C)C)NC1CCN(CC(F)(F)F)C1. The molecule has 24 heavy (non-hydrogen) atoms. The molecule has 1 aliphatic rings. The molecule has 142 valence electrons. The molecule has 0 bridgehead atoms. The van der Waals surface area contributed by atoms with Gasteiger partial charge in [-0.3, -0.25) is 9.89 Å². The third-order valence-corrected chi connectivity index (χ3v) is 3.77. The van der Waals surface area contributed by atoms with Crippen LogP contribution in [0.25, 0.3) is 0 Å². The zero-order chi connectivity index (χ0) is 18.4. The summed E-state index contributed by atoms with van der Waals surface area (Å²) in [7, 11) is 4.06. The van der Waals surface area contributed by atoms with E-state index in [0.717, 1.165) is 13.1 Å². The van der Waals surface area contributed by atoms with E-state index in [1.165, 1.54) is 4.90 Å². The summed E-state index contributed by atoms with van der Waals surface area (Å²) in [5.41, 5.74) is 0.0316. The Labute approximate surface area is 143 Å². The molecule has 8 heteroatoms. The topological polar surface area (TPSA) is 42.9 Å². The van der Waals surface area contributed by atoms with Crippen LogP contribution in [0.2, 0.25) is 0 Å². The van der Waals surface area contributed by atoms with Gasteiger partial charge in [0.1, 0.15) is 0 Å². The molecule has 0 amide bonds. The number of halogens is 3. The first-order valence-electron chi connectivity index (χ1n) is 8.49. The van der Waals surface area contributed by atoms with E-state index < -0.39 is 12.7 Å². The van der Waals surface area contributed by atoms with Crippen LogP contribution in [-0.4, -0.2) is 81.3 Å². The highest BCUT2D eigenvalue weighted by atomic mass is 19.4. The molecule has 1 atom stereocenters. The van der Waals surface area contributed by atoms with E-state index in [4.69, 9.17) is 0 Å². The third-order valence-electron chi connectivity index (χ3n) is 3.77. The lowest BCUT2D eigenvalue weighted by atomic mass is 9.93. The number of hydrogen-bond acceptors (Lipinski definition) is 3. The van der Waals surface area contributed by atoms with Crippen molar-refractivity contribution >= 4 is 5.96 Å². The Morgan fingerprint density at radius 3 is 2.50 bits per heavy atom. The third kappa shape index (κ3) is 8.73. The molecule has 0 aliphatic carbocycles. The first kappa shape index (κ1) is 21.0. The van der Waals surface area contributed by atoms with Crippen LogP contribution in [-0.2, 0) is 0 Å². The lowest BCUT2D eigenvalue weighted by molar-refractivity contribution is -0.143. The van der Waals surface area contributed by atoms with Gasteiger partial charge in [0, 0.05) is 38.8 Å². The maximum Gasteiger partial charge on any atom is 0.401 e. The first-order chi connectivity index (χ1) is 11.0. The molecule has 0 saturated carbocycles. The highest BCUT2D eigenvalue weighted by Crippen LogP contribution is 2.20. The number of alkyl halides is 3. The van der Waals surface area contributed by atoms with Gasteiger partial charge in [-0.1, -0.05) is 13.8 Å². The summed E-state index contributed by atoms with van der Waals surface area (Å²) in [6.07, 6.45) is -3.44. The Hall–Kier alpha value is -1.02. The molecule has 0 aromatic carbocycles. The Morgan fingerprint density at radius 1 is 1.29 bits per heavy atom. The average molecular weight is 351 g/mol. The highest BCUT2D eigenvalue weighted by molar-refractivity contribution is 5.80. The number of likely N-dealkylation sites (tertiary alicyclic amines) is 1. The summed E-state index contributed by atoms with van der Waals surface area (Å²) in [5, 5.41) is 6.46. The minimum atomic E-state index is -4.14. The van der Waals surface area contributed by atoms with Crippen LogP contribution in [0.15, 0.2) is 4.99 Å². The lowest BCUT2D eigenvalue weighted by Gasteiger charge is -2.27. The van der Waals surface area contributed by atoms with Crippen LogP contribution < -0.4 is 10.6 Å². The summed E-state index contributed by atoms with van der Waals surface area (Å²) in [6.45, 7) is 8.59. The standard InChI is InChI=1S/C16H32F3N5/c1-6-20-14(21-10-15(2,3)11-23(4)5)22-13-7-8-24(9-13)12-16(17,18)19/h13H,6-12H2,1-5H3,(H2,20,21,22). The Kier molecular flexibility index (Phi) is 7.79.